The molecule has 2 heterocycles. The molecule has 0 atom stereocenters. The Morgan fingerprint density at radius 1 is 1.23 bits per heavy atom. The Balaban J connectivity index is 1.92. The Morgan fingerprint density at radius 3 is 2.64 bits per heavy atom. The number of nitrogens with zero attached hydrogens (tertiary/aromatic N) is 3. The molecule has 7 nitrogen and oxygen atoms in total. The van der Waals surface area contributed by atoms with Gasteiger partial charge in [-0.2, -0.15) is 8.42 Å². The van der Waals surface area contributed by atoms with Crippen molar-refractivity contribution in [1.82, 2.24) is 19.8 Å². The monoisotopic (exact) mass is 358 g/mol. The van der Waals surface area contributed by atoms with Crippen LogP contribution in [0.3, 0.4) is 0 Å². The normalized spacial score (nSPS) is 16.0. The summed E-state index contributed by atoms with van der Waals surface area (Å²) in [6.07, 6.45) is 0. The van der Waals surface area contributed by atoms with Crippen molar-refractivity contribution in [3.05, 3.63) is 29.3 Å². The largest absolute Gasteiger partial charge is 0.307 e. The second-order valence-corrected chi connectivity index (χ2v) is 7.98. The van der Waals surface area contributed by atoms with Gasteiger partial charge in [-0.3, -0.25) is 4.79 Å². The number of nitrogens with one attached hydrogen (secondary N) is 1. The van der Waals surface area contributed by atoms with E-state index in [-0.39, 0.29) is 17.4 Å². The first kappa shape index (κ1) is 15.3. The van der Waals surface area contributed by atoms with Crippen LogP contribution in [0, 0.1) is 0 Å². The maximum absolute atomic E-state index is 12.5. The molecule has 22 heavy (non-hydrogen) atoms. The Kier molecular flexibility index (Phi) is 4.13. The number of sulfonamides is 1. The first-order valence-corrected chi connectivity index (χ1v) is 8.97. The minimum Gasteiger partial charge on any atom is -0.307 e. The summed E-state index contributed by atoms with van der Waals surface area (Å²) in [5.74, 6) is -0.491. The summed E-state index contributed by atoms with van der Waals surface area (Å²) < 4.78 is 25.6. The summed E-state index contributed by atoms with van der Waals surface area (Å²) in [5, 5.41) is 11.5. The number of aromatic nitrogens is 2. The fraction of sp³-hybridized carbons (Fsp3) is 0.250. The van der Waals surface area contributed by atoms with Gasteiger partial charge >= 0.3 is 0 Å². The van der Waals surface area contributed by atoms with Crippen LogP contribution in [0.2, 0.25) is 5.02 Å². The van der Waals surface area contributed by atoms with Gasteiger partial charge in [0.2, 0.25) is 5.91 Å². The molecule has 1 fully saturated rings. The van der Waals surface area contributed by atoms with Crippen LogP contribution in [0.5, 0.6) is 0 Å². The van der Waals surface area contributed by atoms with E-state index in [1.54, 1.807) is 24.3 Å². The zero-order valence-electron chi connectivity index (χ0n) is 11.2. The zero-order chi connectivity index (χ0) is 15.7. The number of amides is 1. The van der Waals surface area contributed by atoms with E-state index >= 15 is 0 Å². The summed E-state index contributed by atoms with van der Waals surface area (Å²) in [6.45, 7) is 0.521. The fourth-order valence-corrected chi connectivity index (χ4v) is 4.59. The number of hydrogen-bond acceptors (Lipinski definition) is 7. The van der Waals surface area contributed by atoms with Crippen LogP contribution < -0.4 is 5.32 Å². The van der Waals surface area contributed by atoms with E-state index in [1.807, 2.05) is 0 Å². The number of piperazine rings is 1. The van der Waals surface area contributed by atoms with Gasteiger partial charge in [0.15, 0.2) is 0 Å². The summed E-state index contributed by atoms with van der Waals surface area (Å²) in [6, 6.07) is 6.84. The average Bonchev–Trinajstić information content (AvgIpc) is 2.99. The van der Waals surface area contributed by atoms with Crippen LogP contribution in [-0.4, -0.2) is 48.5 Å². The molecule has 116 valence electrons. The predicted octanol–water partition coefficient (Wildman–Crippen LogP) is 0.979. The van der Waals surface area contributed by atoms with Crippen molar-refractivity contribution < 1.29 is 13.2 Å². The van der Waals surface area contributed by atoms with E-state index < -0.39 is 15.9 Å². The zero-order valence-corrected chi connectivity index (χ0v) is 13.6. The van der Waals surface area contributed by atoms with Gasteiger partial charge in [0, 0.05) is 23.7 Å². The van der Waals surface area contributed by atoms with Crippen molar-refractivity contribution in [3.63, 3.8) is 0 Å². The minimum atomic E-state index is -3.94. The quantitative estimate of drug-likeness (QED) is 0.879. The Hall–Kier alpha value is -1.55. The molecule has 1 aromatic carbocycles. The molecular weight excluding hydrogens is 348 g/mol. The van der Waals surface area contributed by atoms with Gasteiger partial charge in [-0.15, -0.1) is 10.2 Å². The molecule has 1 N–H and O–H groups in total. The Bertz CT molecular complexity index is 804. The minimum absolute atomic E-state index is 0.00206. The van der Waals surface area contributed by atoms with Gasteiger partial charge in [-0.1, -0.05) is 35.1 Å². The van der Waals surface area contributed by atoms with Crippen LogP contribution in [0.1, 0.15) is 0 Å². The standard InChI is InChI=1S/C12H11ClN4O3S2/c13-9-3-1-8(2-4-9)11-15-16-12(21-11)22(19,20)17-6-5-14-7-10(17)18/h1-4,14H,5-7H2. The molecule has 0 unspecified atom stereocenters. The number of carbonyl (C=O) groups is 1. The SMILES string of the molecule is O=C1CNCCN1S(=O)(=O)c1nnc(-c2ccc(Cl)cc2)s1. The van der Waals surface area contributed by atoms with Crippen LogP contribution in [-0.2, 0) is 14.8 Å². The lowest BCUT2D eigenvalue weighted by Gasteiger charge is -2.25. The van der Waals surface area contributed by atoms with Crippen LogP contribution in [0.25, 0.3) is 10.6 Å². The third-order valence-corrected chi connectivity index (χ3v) is 6.44. The predicted molar refractivity (Wildman–Crippen MR) is 82.1 cm³/mol. The second-order valence-electron chi connectivity index (χ2n) is 4.53. The molecule has 1 aromatic heterocycles. The third kappa shape index (κ3) is 2.84. The van der Waals surface area contributed by atoms with Crippen molar-refractivity contribution in [2.75, 3.05) is 19.6 Å². The van der Waals surface area contributed by atoms with Crippen molar-refractivity contribution in [1.29, 1.82) is 0 Å². The lowest BCUT2D eigenvalue weighted by atomic mass is 10.2. The van der Waals surface area contributed by atoms with Gasteiger partial charge < -0.3 is 5.32 Å². The number of hydrogen-bond donors (Lipinski definition) is 1. The van der Waals surface area contributed by atoms with E-state index in [0.29, 0.717) is 16.6 Å². The van der Waals surface area contributed by atoms with Crippen LogP contribution in [0.4, 0.5) is 0 Å². The topological polar surface area (TPSA) is 92.3 Å². The summed E-state index contributed by atoms with van der Waals surface area (Å²) in [7, 11) is -3.94. The highest BCUT2D eigenvalue weighted by atomic mass is 35.5. The average molecular weight is 359 g/mol. The molecule has 2 aromatic rings. The summed E-state index contributed by atoms with van der Waals surface area (Å²) in [4.78, 5) is 11.8. The maximum Gasteiger partial charge on any atom is 0.295 e. The fourth-order valence-electron chi connectivity index (χ4n) is 1.96. The molecule has 3 rings (SSSR count). The lowest BCUT2D eigenvalue weighted by molar-refractivity contribution is -0.126. The van der Waals surface area contributed by atoms with Crippen molar-refractivity contribution in [3.8, 4) is 10.6 Å². The van der Waals surface area contributed by atoms with Gasteiger partial charge in [0.05, 0.1) is 6.54 Å². The molecule has 1 aliphatic rings. The number of rotatable bonds is 3. The first-order valence-electron chi connectivity index (χ1n) is 6.34. The molecule has 0 saturated carbocycles. The Labute approximate surface area is 136 Å². The van der Waals surface area contributed by atoms with E-state index in [4.69, 9.17) is 11.6 Å². The molecule has 0 aliphatic carbocycles. The van der Waals surface area contributed by atoms with Gasteiger partial charge in [-0.05, 0) is 12.1 Å². The highest BCUT2D eigenvalue weighted by Gasteiger charge is 2.34. The summed E-state index contributed by atoms with van der Waals surface area (Å²) >= 11 is 6.74. The van der Waals surface area contributed by atoms with Gasteiger partial charge in [-0.25, -0.2) is 4.31 Å². The van der Waals surface area contributed by atoms with Gasteiger partial charge in [0.1, 0.15) is 5.01 Å². The van der Waals surface area contributed by atoms with E-state index in [9.17, 15) is 13.2 Å². The maximum atomic E-state index is 12.5. The van der Waals surface area contributed by atoms with E-state index in [1.165, 1.54) is 0 Å². The second kappa shape index (κ2) is 5.92. The number of carbonyl (C=O) groups excluding carboxylic acids is 1. The molecule has 0 radical (unpaired) electrons. The molecular formula is C12H11ClN4O3S2. The van der Waals surface area contributed by atoms with Crippen LogP contribution >= 0.6 is 22.9 Å². The molecule has 1 saturated heterocycles. The van der Waals surface area contributed by atoms with Crippen molar-refractivity contribution >= 4 is 38.9 Å². The summed E-state index contributed by atoms with van der Waals surface area (Å²) in [5.41, 5.74) is 0.718. The molecule has 1 aliphatic heterocycles. The third-order valence-electron chi connectivity index (χ3n) is 3.05. The number of benzene rings is 1. The van der Waals surface area contributed by atoms with Crippen molar-refractivity contribution in [2.45, 2.75) is 4.34 Å². The number of halogens is 1. The van der Waals surface area contributed by atoms with E-state index in [0.717, 1.165) is 21.2 Å². The highest BCUT2D eigenvalue weighted by Crippen LogP contribution is 2.28. The van der Waals surface area contributed by atoms with Crippen molar-refractivity contribution in [2.24, 2.45) is 0 Å². The molecule has 10 heteroatoms. The van der Waals surface area contributed by atoms with E-state index in [2.05, 4.69) is 15.5 Å². The molecule has 0 bridgehead atoms. The molecule has 1 amide bonds. The first-order chi connectivity index (χ1) is 10.5. The Morgan fingerprint density at radius 2 is 1.95 bits per heavy atom. The van der Waals surface area contributed by atoms with Crippen LogP contribution in [0.15, 0.2) is 28.6 Å². The van der Waals surface area contributed by atoms with Gasteiger partial charge in [0.25, 0.3) is 14.4 Å². The molecule has 0 spiro atoms. The lowest BCUT2D eigenvalue weighted by Crippen LogP contribution is -2.50. The smallest absolute Gasteiger partial charge is 0.295 e. The highest BCUT2D eigenvalue weighted by molar-refractivity contribution is 7.91.